The number of halogens is 1. The van der Waals surface area contributed by atoms with Crippen molar-refractivity contribution in [3.05, 3.63) is 76.4 Å². The fourth-order valence-electron chi connectivity index (χ4n) is 3.69. The van der Waals surface area contributed by atoms with Gasteiger partial charge in [-0.2, -0.15) is 14.8 Å². The molecule has 34 heavy (non-hydrogen) atoms. The van der Waals surface area contributed by atoms with Gasteiger partial charge in [-0.15, -0.1) is 5.10 Å². The lowest BCUT2D eigenvalue weighted by Crippen LogP contribution is -2.22. The number of hydrogen-bond donors (Lipinski definition) is 3. The molecule has 2 heterocycles. The lowest BCUT2D eigenvalue weighted by molar-refractivity contribution is 0.406. The minimum absolute atomic E-state index is 0.223. The number of nitrogens with two attached hydrogens (primary N) is 1. The van der Waals surface area contributed by atoms with Crippen LogP contribution in [0.4, 0.5) is 11.8 Å². The average Bonchev–Trinajstić information content (AvgIpc) is 3.24. The van der Waals surface area contributed by atoms with Crippen molar-refractivity contribution in [1.82, 2.24) is 19.6 Å². The fourth-order valence-corrected chi connectivity index (χ4v) is 3.89. The van der Waals surface area contributed by atoms with Crippen LogP contribution in [0.25, 0.3) is 5.78 Å². The molecule has 174 valence electrons. The van der Waals surface area contributed by atoms with Crippen molar-refractivity contribution in [1.29, 1.82) is 5.26 Å². The Morgan fingerprint density at radius 2 is 2.00 bits per heavy atom. The largest absolute Gasteiger partial charge is 0.496 e. The van der Waals surface area contributed by atoms with Crippen LogP contribution < -0.4 is 21.1 Å². The number of aryl methyl sites for hydroxylation is 1. The SMILES string of the molecule is COc1ccccc1[C@H](N)CNc1cc(C)nc2nc(N[C@H](CC#N)c3cccc(Cl)c3)nn12. The summed E-state index contributed by atoms with van der Waals surface area (Å²) < 4.78 is 7.04. The molecule has 2 aromatic heterocycles. The maximum absolute atomic E-state index is 9.31. The van der Waals surface area contributed by atoms with Gasteiger partial charge in [0.1, 0.15) is 11.6 Å². The highest BCUT2D eigenvalue weighted by Gasteiger charge is 2.17. The molecule has 0 fully saturated rings. The molecule has 10 heteroatoms. The molecule has 0 amide bonds. The lowest BCUT2D eigenvalue weighted by Gasteiger charge is -2.17. The van der Waals surface area contributed by atoms with Gasteiger partial charge in [-0.25, -0.2) is 4.98 Å². The van der Waals surface area contributed by atoms with Crippen LogP contribution in [0.5, 0.6) is 5.75 Å². The Labute approximate surface area is 202 Å². The quantitative estimate of drug-likeness (QED) is 0.327. The van der Waals surface area contributed by atoms with Crippen molar-refractivity contribution in [2.45, 2.75) is 25.4 Å². The van der Waals surface area contributed by atoms with E-state index in [0.717, 1.165) is 22.6 Å². The number of para-hydroxylation sites is 1. The summed E-state index contributed by atoms with van der Waals surface area (Å²) in [5.74, 6) is 2.23. The van der Waals surface area contributed by atoms with E-state index < -0.39 is 0 Å². The van der Waals surface area contributed by atoms with Crippen molar-refractivity contribution in [2.24, 2.45) is 5.73 Å². The number of nitrogens with zero attached hydrogens (tertiary/aromatic N) is 5. The molecule has 0 aliphatic carbocycles. The number of benzene rings is 2. The summed E-state index contributed by atoms with van der Waals surface area (Å²) >= 11 is 6.14. The molecule has 4 aromatic rings. The highest BCUT2D eigenvalue weighted by atomic mass is 35.5. The smallest absolute Gasteiger partial charge is 0.256 e. The van der Waals surface area contributed by atoms with Crippen LogP contribution in [0.3, 0.4) is 0 Å². The van der Waals surface area contributed by atoms with E-state index in [1.807, 2.05) is 55.5 Å². The number of anilines is 2. The highest BCUT2D eigenvalue weighted by molar-refractivity contribution is 6.30. The van der Waals surface area contributed by atoms with E-state index in [-0.39, 0.29) is 18.5 Å². The van der Waals surface area contributed by atoms with Gasteiger partial charge in [-0.05, 0) is 30.7 Å². The van der Waals surface area contributed by atoms with Crippen molar-refractivity contribution >= 4 is 29.1 Å². The molecule has 0 spiro atoms. The lowest BCUT2D eigenvalue weighted by atomic mass is 10.0. The van der Waals surface area contributed by atoms with Gasteiger partial charge in [0.2, 0.25) is 5.95 Å². The first-order valence-corrected chi connectivity index (χ1v) is 11.1. The number of ether oxygens (including phenoxy) is 1. The van der Waals surface area contributed by atoms with E-state index in [0.29, 0.717) is 29.1 Å². The first-order chi connectivity index (χ1) is 16.5. The first-order valence-electron chi connectivity index (χ1n) is 10.7. The predicted molar refractivity (Wildman–Crippen MR) is 132 cm³/mol. The molecule has 0 aliphatic rings. The number of rotatable bonds is 9. The van der Waals surface area contributed by atoms with E-state index in [1.165, 1.54) is 0 Å². The van der Waals surface area contributed by atoms with Gasteiger partial charge in [0.25, 0.3) is 5.78 Å². The first kappa shape index (κ1) is 23.3. The summed E-state index contributed by atoms with van der Waals surface area (Å²) in [7, 11) is 1.63. The number of hydrogen-bond acceptors (Lipinski definition) is 8. The molecule has 2 atom stereocenters. The molecule has 0 saturated carbocycles. The topological polar surface area (TPSA) is 126 Å². The molecule has 0 aliphatic heterocycles. The molecular formula is C24H25ClN8O. The zero-order valence-electron chi connectivity index (χ0n) is 18.9. The van der Waals surface area contributed by atoms with Crippen molar-refractivity contribution in [3.63, 3.8) is 0 Å². The Morgan fingerprint density at radius 1 is 1.18 bits per heavy atom. The van der Waals surface area contributed by atoms with E-state index in [4.69, 9.17) is 22.1 Å². The third-order valence-corrected chi connectivity index (χ3v) is 5.57. The molecule has 0 radical (unpaired) electrons. The standard InChI is InChI=1S/C24H25ClN8O/c1-15-12-22(28-14-19(27)18-8-3-4-9-21(18)34-2)33-24(29-15)31-23(32-33)30-20(10-11-26)16-6-5-7-17(25)13-16/h3-9,12-13,19-20,28H,10,14,27H2,1-2H3,(H,30,32)/t19-,20-/m1/s1. The number of aromatic nitrogens is 4. The van der Waals surface area contributed by atoms with Crippen LogP contribution in [0.1, 0.15) is 35.3 Å². The van der Waals surface area contributed by atoms with Crippen molar-refractivity contribution in [2.75, 3.05) is 24.3 Å². The Morgan fingerprint density at radius 3 is 2.76 bits per heavy atom. The third-order valence-electron chi connectivity index (χ3n) is 5.33. The van der Waals surface area contributed by atoms with Gasteiger partial charge in [0.15, 0.2) is 0 Å². The molecule has 0 bridgehead atoms. The number of fused-ring (bicyclic) bond motifs is 1. The molecule has 0 unspecified atom stereocenters. The van der Waals surface area contributed by atoms with Gasteiger partial charge < -0.3 is 21.1 Å². The maximum Gasteiger partial charge on any atom is 0.256 e. The number of methoxy groups -OCH3 is 1. The summed E-state index contributed by atoms with van der Waals surface area (Å²) in [5.41, 5.74) is 8.98. The molecule has 0 saturated heterocycles. The monoisotopic (exact) mass is 476 g/mol. The molecule has 4 rings (SSSR count). The van der Waals surface area contributed by atoms with Crippen molar-refractivity contribution < 1.29 is 4.74 Å². The Kier molecular flexibility index (Phi) is 7.11. The second-order valence-electron chi connectivity index (χ2n) is 7.77. The maximum atomic E-state index is 9.31. The van der Waals surface area contributed by atoms with Crippen LogP contribution in [0.2, 0.25) is 5.02 Å². The summed E-state index contributed by atoms with van der Waals surface area (Å²) in [6, 6.07) is 18.5. The predicted octanol–water partition coefficient (Wildman–Crippen LogP) is 4.27. The van der Waals surface area contributed by atoms with Crippen LogP contribution in [-0.2, 0) is 0 Å². The van der Waals surface area contributed by atoms with E-state index in [2.05, 4.69) is 31.8 Å². The zero-order chi connectivity index (χ0) is 24.1. The van der Waals surface area contributed by atoms with Crippen molar-refractivity contribution in [3.8, 4) is 11.8 Å². The average molecular weight is 477 g/mol. The minimum atomic E-state index is -0.322. The normalized spacial score (nSPS) is 12.7. The van der Waals surface area contributed by atoms with E-state index >= 15 is 0 Å². The zero-order valence-corrected chi connectivity index (χ0v) is 19.6. The fraction of sp³-hybridized carbons (Fsp3) is 0.250. The third kappa shape index (κ3) is 5.20. The second-order valence-corrected chi connectivity index (χ2v) is 8.21. The van der Waals surface area contributed by atoms with E-state index in [9.17, 15) is 5.26 Å². The van der Waals surface area contributed by atoms with Gasteiger partial charge in [0, 0.05) is 28.9 Å². The summed E-state index contributed by atoms with van der Waals surface area (Å²) in [6.07, 6.45) is 0.223. The Bertz CT molecular complexity index is 1330. The van der Waals surface area contributed by atoms with Crippen LogP contribution in [-0.4, -0.2) is 33.2 Å². The van der Waals surface area contributed by atoms with Gasteiger partial charge in [0.05, 0.1) is 31.7 Å². The number of nitriles is 1. The highest BCUT2D eigenvalue weighted by Crippen LogP contribution is 2.26. The molecule has 4 N–H and O–H groups in total. The van der Waals surface area contributed by atoms with Crippen LogP contribution >= 0.6 is 11.6 Å². The van der Waals surface area contributed by atoms with Gasteiger partial charge >= 0.3 is 0 Å². The minimum Gasteiger partial charge on any atom is -0.496 e. The van der Waals surface area contributed by atoms with E-state index in [1.54, 1.807) is 17.7 Å². The Balaban J connectivity index is 1.57. The molecular weight excluding hydrogens is 452 g/mol. The van der Waals surface area contributed by atoms with Gasteiger partial charge in [-0.3, -0.25) is 0 Å². The summed E-state index contributed by atoms with van der Waals surface area (Å²) in [6.45, 7) is 2.33. The van der Waals surface area contributed by atoms with Gasteiger partial charge in [-0.1, -0.05) is 41.9 Å². The van der Waals surface area contributed by atoms with Crippen LogP contribution in [0, 0.1) is 18.3 Å². The molecule has 2 aromatic carbocycles. The second kappa shape index (κ2) is 10.4. The van der Waals surface area contributed by atoms with Crippen LogP contribution in [0.15, 0.2) is 54.6 Å². The summed E-state index contributed by atoms with van der Waals surface area (Å²) in [5, 5.41) is 21.1. The Hall–Kier alpha value is -3.87. The number of nitrogens with one attached hydrogen (secondary N) is 2. The molecule has 9 nitrogen and oxygen atoms in total. The summed E-state index contributed by atoms with van der Waals surface area (Å²) in [4.78, 5) is 8.99.